The summed E-state index contributed by atoms with van der Waals surface area (Å²) in [5.74, 6) is -1.62. The van der Waals surface area contributed by atoms with Gasteiger partial charge < -0.3 is 0 Å². The number of hydrogen-bond donors (Lipinski definition) is 1. The molecule has 0 amide bonds. The van der Waals surface area contributed by atoms with Gasteiger partial charge in [0.1, 0.15) is 11.5 Å². The van der Waals surface area contributed by atoms with E-state index in [9.17, 15) is 17.2 Å². The molecule has 1 N–H and O–H groups in total. The second-order valence-electron chi connectivity index (χ2n) is 2.55. The average Bonchev–Trinajstić information content (AvgIpc) is 2.50. The third kappa shape index (κ3) is 2.04. The Balaban J connectivity index is 2.35. The molecule has 1 fully saturated rings. The third-order valence-corrected chi connectivity index (χ3v) is 2.13. The van der Waals surface area contributed by atoms with Gasteiger partial charge in [0.2, 0.25) is 0 Å². The van der Waals surface area contributed by atoms with Crippen LogP contribution in [0.15, 0.2) is 18.2 Å². The van der Waals surface area contributed by atoms with Crippen molar-refractivity contribution in [1.82, 2.24) is 5.59 Å². The lowest BCUT2D eigenvalue weighted by Crippen LogP contribution is -2.29. The van der Waals surface area contributed by atoms with Crippen LogP contribution in [0.25, 0.3) is 0 Å². The lowest BCUT2D eigenvalue weighted by Gasteiger charge is -2.11. The number of nitrogens with one attached hydrogen (secondary N) is 1. The Labute approximate surface area is 83.2 Å². The first kappa shape index (κ1) is 10.2. The van der Waals surface area contributed by atoms with Gasteiger partial charge in [-0.1, -0.05) is 5.59 Å². The Hall–Kier alpha value is -1.29. The Morgan fingerprint density at radius 3 is 2.67 bits per heavy atom. The summed E-state index contributed by atoms with van der Waals surface area (Å²) in [5.41, 5.74) is 1.30. The van der Waals surface area contributed by atoms with Crippen LogP contribution >= 0.6 is 0 Å². The minimum Gasteiger partial charge on any atom is -0.207 e. The van der Waals surface area contributed by atoms with E-state index >= 15 is 0 Å². The van der Waals surface area contributed by atoms with E-state index in [1.807, 2.05) is 0 Å². The second-order valence-corrected chi connectivity index (χ2v) is 3.68. The van der Waals surface area contributed by atoms with Crippen molar-refractivity contribution >= 4 is 16.1 Å². The zero-order chi connectivity index (χ0) is 11.1. The molecule has 0 unspecified atom stereocenters. The zero-order valence-corrected chi connectivity index (χ0v) is 7.79. The van der Waals surface area contributed by atoms with E-state index in [-0.39, 0.29) is 0 Å². The molecule has 0 spiro atoms. The predicted octanol–water partition coefficient (Wildman–Crippen LogP) is 0.397. The summed E-state index contributed by atoms with van der Waals surface area (Å²) in [5, 5.41) is 0.355. The highest BCUT2D eigenvalue weighted by Gasteiger charge is 2.30. The van der Waals surface area contributed by atoms with Crippen LogP contribution in [-0.4, -0.2) is 8.42 Å². The van der Waals surface area contributed by atoms with E-state index in [2.05, 4.69) is 8.57 Å². The van der Waals surface area contributed by atoms with Crippen molar-refractivity contribution in [3.63, 3.8) is 0 Å². The van der Waals surface area contributed by atoms with Crippen LogP contribution in [0.1, 0.15) is 0 Å². The van der Waals surface area contributed by atoms with Gasteiger partial charge in [-0.15, -0.1) is 13.7 Å². The van der Waals surface area contributed by atoms with E-state index < -0.39 is 27.7 Å². The van der Waals surface area contributed by atoms with Crippen LogP contribution in [0.3, 0.4) is 0 Å². The van der Waals surface area contributed by atoms with Crippen LogP contribution in [0, 0.1) is 11.6 Å². The highest BCUT2D eigenvalue weighted by molar-refractivity contribution is 7.82. The number of rotatable bonds is 1. The Kier molecular flexibility index (Phi) is 2.31. The Bertz CT molecular complexity index is 492. The van der Waals surface area contributed by atoms with Crippen molar-refractivity contribution in [2.24, 2.45) is 0 Å². The number of nitrogens with zero attached hydrogens (tertiary/aromatic N) is 1. The molecule has 2 rings (SSSR count). The first-order valence-electron chi connectivity index (χ1n) is 3.62. The Morgan fingerprint density at radius 2 is 2.07 bits per heavy atom. The maximum Gasteiger partial charge on any atom is 0.440 e. The fraction of sp³-hybridized carbons (Fsp3) is 0. The molecule has 1 saturated heterocycles. The van der Waals surface area contributed by atoms with Crippen molar-refractivity contribution in [2.45, 2.75) is 0 Å². The molecule has 15 heavy (non-hydrogen) atoms. The van der Waals surface area contributed by atoms with E-state index in [1.165, 1.54) is 0 Å². The van der Waals surface area contributed by atoms with Crippen molar-refractivity contribution < 1.29 is 25.8 Å². The minimum atomic E-state index is -4.25. The fourth-order valence-electron chi connectivity index (χ4n) is 0.932. The molecule has 0 saturated carbocycles. The highest BCUT2D eigenvalue weighted by atomic mass is 32.3. The van der Waals surface area contributed by atoms with E-state index in [4.69, 9.17) is 0 Å². The van der Waals surface area contributed by atoms with Crippen molar-refractivity contribution in [3.05, 3.63) is 29.8 Å². The largest absolute Gasteiger partial charge is 0.440 e. The number of halogens is 2. The maximum absolute atomic E-state index is 13.1. The van der Waals surface area contributed by atoms with Crippen LogP contribution in [0.5, 0.6) is 0 Å². The second kappa shape index (κ2) is 3.38. The lowest BCUT2D eigenvalue weighted by atomic mass is 10.3. The molecule has 82 valence electrons. The molecule has 1 aromatic rings. The molecule has 0 radical (unpaired) electrons. The van der Waals surface area contributed by atoms with E-state index in [1.54, 1.807) is 5.59 Å². The molecular weight excluding hydrogens is 234 g/mol. The predicted molar refractivity (Wildman–Crippen MR) is 43.1 cm³/mol. The molecule has 0 aromatic heterocycles. The summed E-state index contributed by atoms with van der Waals surface area (Å²) in [7, 11) is -4.25. The molecule has 0 atom stereocenters. The van der Waals surface area contributed by atoms with Gasteiger partial charge >= 0.3 is 10.4 Å². The van der Waals surface area contributed by atoms with Crippen LogP contribution in [0.4, 0.5) is 14.5 Å². The zero-order valence-electron chi connectivity index (χ0n) is 6.98. The van der Waals surface area contributed by atoms with Crippen molar-refractivity contribution in [3.8, 4) is 0 Å². The van der Waals surface area contributed by atoms with E-state index in [0.29, 0.717) is 5.17 Å². The topological polar surface area (TPSA) is 67.9 Å². The molecule has 0 aliphatic carbocycles. The molecule has 1 aromatic carbocycles. The SMILES string of the molecule is O=S1(=O)ONN(c2cc(F)ccc2F)O1. The summed E-state index contributed by atoms with van der Waals surface area (Å²) >= 11 is 0. The summed E-state index contributed by atoms with van der Waals surface area (Å²) in [6.45, 7) is 0. The molecule has 1 heterocycles. The molecule has 6 nitrogen and oxygen atoms in total. The van der Waals surface area contributed by atoms with Gasteiger partial charge in [-0.2, -0.15) is 8.42 Å². The van der Waals surface area contributed by atoms with Crippen LogP contribution in [-0.2, 0) is 19.0 Å². The molecule has 0 bridgehead atoms. The highest BCUT2D eigenvalue weighted by Crippen LogP contribution is 2.23. The summed E-state index contributed by atoms with van der Waals surface area (Å²) in [6, 6.07) is 2.44. The number of hydrogen-bond acceptors (Lipinski definition) is 6. The lowest BCUT2D eigenvalue weighted by molar-refractivity contribution is 0.196. The van der Waals surface area contributed by atoms with E-state index in [0.717, 1.165) is 18.2 Å². The maximum atomic E-state index is 13.1. The van der Waals surface area contributed by atoms with Gasteiger partial charge in [-0.25, -0.2) is 8.78 Å². The third-order valence-electron chi connectivity index (χ3n) is 1.52. The summed E-state index contributed by atoms with van der Waals surface area (Å²) in [6.07, 6.45) is 0. The normalized spacial score (nSPS) is 19.5. The first-order valence-corrected chi connectivity index (χ1v) is 4.95. The average molecular weight is 238 g/mol. The fourth-order valence-corrected chi connectivity index (χ4v) is 1.41. The van der Waals surface area contributed by atoms with Crippen LogP contribution < -0.4 is 10.8 Å². The van der Waals surface area contributed by atoms with Crippen LogP contribution in [0.2, 0.25) is 0 Å². The van der Waals surface area contributed by atoms with Gasteiger partial charge in [0.15, 0.2) is 5.82 Å². The van der Waals surface area contributed by atoms with Gasteiger partial charge in [-0.3, -0.25) is 0 Å². The number of hydrazine groups is 1. The standard InChI is InChI=1S/C6H4F2N2O4S/c7-4-1-2-5(8)6(3-4)10-9-13-15(11,12)14-10/h1-3,9H. The van der Waals surface area contributed by atoms with Crippen molar-refractivity contribution in [2.75, 3.05) is 5.17 Å². The summed E-state index contributed by atoms with van der Waals surface area (Å²) in [4.78, 5) is 0. The minimum absolute atomic E-state index is 0.355. The van der Waals surface area contributed by atoms with Gasteiger partial charge in [0.25, 0.3) is 0 Å². The molecular formula is C6H4F2N2O4S. The molecule has 1 aliphatic rings. The van der Waals surface area contributed by atoms with Crippen molar-refractivity contribution in [1.29, 1.82) is 0 Å². The molecule has 1 aliphatic heterocycles. The smallest absolute Gasteiger partial charge is 0.207 e. The quantitative estimate of drug-likeness (QED) is 0.763. The first-order chi connectivity index (χ1) is 6.98. The monoisotopic (exact) mass is 238 g/mol. The molecule has 9 heteroatoms. The number of anilines is 1. The Morgan fingerprint density at radius 1 is 1.33 bits per heavy atom. The number of benzene rings is 1. The summed E-state index contributed by atoms with van der Waals surface area (Å²) < 4.78 is 55.2. The van der Waals surface area contributed by atoms with Gasteiger partial charge in [-0.05, 0) is 12.1 Å². The van der Waals surface area contributed by atoms with Gasteiger partial charge in [0, 0.05) is 6.07 Å². The van der Waals surface area contributed by atoms with Gasteiger partial charge in [0.05, 0.1) is 0 Å².